The Kier molecular flexibility index (Phi) is 1.47. The van der Waals surface area contributed by atoms with E-state index < -0.39 is 0 Å². The van der Waals surface area contributed by atoms with Crippen molar-refractivity contribution >= 4 is 21.6 Å². The van der Waals surface area contributed by atoms with Gasteiger partial charge in [0.1, 0.15) is 0 Å². The summed E-state index contributed by atoms with van der Waals surface area (Å²) in [4.78, 5) is 0. The summed E-state index contributed by atoms with van der Waals surface area (Å²) in [6.07, 6.45) is 1.05. The van der Waals surface area contributed by atoms with Gasteiger partial charge in [0, 0.05) is 18.3 Å². The van der Waals surface area contributed by atoms with Crippen LogP contribution in [0.15, 0.2) is 10.5 Å². The molecule has 2 aliphatic rings. The third kappa shape index (κ3) is 0.950. The lowest BCUT2D eigenvalue weighted by Gasteiger charge is -2.05. The van der Waals surface area contributed by atoms with Gasteiger partial charge >= 0.3 is 0 Å². The molecule has 0 radical (unpaired) electrons. The van der Waals surface area contributed by atoms with Crippen molar-refractivity contribution < 1.29 is 9.47 Å². The van der Waals surface area contributed by atoms with Crippen LogP contribution in [0, 0.1) is 0 Å². The molecule has 0 saturated heterocycles. The largest absolute Gasteiger partial charge is 0.453 e. The van der Waals surface area contributed by atoms with E-state index in [1.807, 2.05) is 6.07 Å². The Bertz CT molecular complexity index is 346. The summed E-state index contributed by atoms with van der Waals surface area (Å²) in [5.74, 6) is 1.68. The van der Waals surface area contributed by atoms with E-state index in [1.165, 1.54) is 5.56 Å². The van der Waals surface area contributed by atoms with Crippen molar-refractivity contribution in [3.05, 3.63) is 16.1 Å². The molecular formula is C9H8BrNO2. The average Bonchev–Trinajstić information content (AvgIpc) is 2.71. The number of fused-ring (bicyclic) bond motifs is 2. The number of anilines is 1. The average molecular weight is 242 g/mol. The molecule has 1 aromatic rings. The minimum atomic E-state index is 0.330. The van der Waals surface area contributed by atoms with Gasteiger partial charge in [-0.15, -0.1) is 0 Å². The number of rotatable bonds is 0. The Hall–Kier alpha value is -0.900. The van der Waals surface area contributed by atoms with E-state index in [2.05, 4.69) is 21.2 Å². The Morgan fingerprint density at radius 2 is 2.31 bits per heavy atom. The molecule has 0 bridgehead atoms. The lowest BCUT2D eigenvalue weighted by molar-refractivity contribution is 0.173. The number of hydrogen-bond acceptors (Lipinski definition) is 3. The monoisotopic (exact) mass is 241 g/mol. The van der Waals surface area contributed by atoms with Gasteiger partial charge in [-0.2, -0.15) is 0 Å². The van der Waals surface area contributed by atoms with Gasteiger partial charge < -0.3 is 14.8 Å². The zero-order valence-electron chi connectivity index (χ0n) is 6.89. The first-order valence-corrected chi connectivity index (χ1v) is 5.00. The van der Waals surface area contributed by atoms with Crippen molar-refractivity contribution in [1.29, 1.82) is 0 Å². The third-order valence-corrected chi connectivity index (χ3v) is 3.24. The zero-order chi connectivity index (χ0) is 8.84. The summed E-state index contributed by atoms with van der Waals surface area (Å²) in [5, 5.41) is 3.31. The quantitative estimate of drug-likeness (QED) is 0.756. The van der Waals surface area contributed by atoms with Crippen LogP contribution in [0.25, 0.3) is 0 Å². The van der Waals surface area contributed by atoms with Gasteiger partial charge in [-0.05, 0) is 27.9 Å². The predicted octanol–water partition coefficient (Wildman–Crippen LogP) is 2.15. The zero-order valence-corrected chi connectivity index (χ0v) is 8.48. The van der Waals surface area contributed by atoms with Crippen molar-refractivity contribution in [2.75, 3.05) is 18.7 Å². The molecule has 2 aliphatic heterocycles. The van der Waals surface area contributed by atoms with Gasteiger partial charge in [0.25, 0.3) is 0 Å². The topological polar surface area (TPSA) is 30.5 Å². The molecule has 0 atom stereocenters. The molecule has 13 heavy (non-hydrogen) atoms. The van der Waals surface area contributed by atoms with Crippen molar-refractivity contribution in [3.8, 4) is 11.5 Å². The molecule has 4 heteroatoms. The number of halogens is 1. The molecule has 3 nitrogen and oxygen atoms in total. The van der Waals surface area contributed by atoms with Crippen LogP contribution in [0.4, 0.5) is 5.69 Å². The summed E-state index contributed by atoms with van der Waals surface area (Å²) in [7, 11) is 0. The summed E-state index contributed by atoms with van der Waals surface area (Å²) in [6, 6.07) is 2.01. The van der Waals surface area contributed by atoms with Crippen LogP contribution in [-0.2, 0) is 6.42 Å². The maximum absolute atomic E-state index is 5.36. The summed E-state index contributed by atoms with van der Waals surface area (Å²) in [5.41, 5.74) is 2.46. The fraction of sp³-hybridized carbons (Fsp3) is 0.333. The van der Waals surface area contributed by atoms with Gasteiger partial charge in [0.2, 0.25) is 6.79 Å². The molecule has 0 unspecified atom stereocenters. The Morgan fingerprint density at radius 1 is 1.38 bits per heavy atom. The Labute approximate surface area is 84.2 Å². The standard InChI is InChI=1S/C9H8BrNO2/c10-8-5-1-2-11-6(5)3-7-9(8)13-4-12-7/h3,11H,1-2,4H2. The molecule has 0 spiro atoms. The van der Waals surface area contributed by atoms with Crippen LogP contribution in [0.3, 0.4) is 0 Å². The van der Waals surface area contributed by atoms with Gasteiger partial charge in [-0.3, -0.25) is 0 Å². The van der Waals surface area contributed by atoms with E-state index in [4.69, 9.17) is 9.47 Å². The lowest BCUT2D eigenvalue weighted by Crippen LogP contribution is -1.94. The van der Waals surface area contributed by atoms with E-state index in [1.54, 1.807) is 0 Å². The maximum atomic E-state index is 5.36. The van der Waals surface area contributed by atoms with Crippen molar-refractivity contribution in [3.63, 3.8) is 0 Å². The van der Waals surface area contributed by atoms with E-state index in [0.717, 1.165) is 34.6 Å². The normalized spacial score (nSPS) is 17.0. The second-order valence-corrected chi connectivity index (χ2v) is 3.92. The molecule has 68 valence electrons. The van der Waals surface area contributed by atoms with E-state index in [0.29, 0.717) is 6.79 Å². The first kappa shape index (κ1) is 7.50. The first-order valence-electron chi connectivity index (χ1n) is 4.21. The van der Waals surface area contributed by atoms with Gasteiger partial charge in [0.15, 0.2) is 11.5 Å². The van der Waals surface area contributed by atoms with E-state index in [9.17, 15) is 0 Å². The van der Waals surface area contributed by atoms with Crippen molar-refractivity contribution in [1.82, 2.24) is 0 Å². The smallest absolute Gasteiger partial charge is 0.231 e. The lowest BCUT2D eigenvalue weighted by atomic mass is 10.1. The number of benzene rings is 1. The van der Waals surface area contributed by atoms with E-state index >= 15 is 0 Å². The molecule has 0 amide bonds. The predicted molar refractivity (Wildman–Crippen MR) is 52.5 cm³/mol. The second-order valence-electron chi connectivity index (χ2n) is 3.13. The highest BCUT2D eigenvalue weighted by atomic mass is 79.9. The minimum absolute atomic E-state index is 0.330. The molecule has 3 rings (SSSR count). The molecule has 1 N–H and O–H groups in total. The fourth-order valence-electron chi connectivity index (χ4n) is 1.77. The van der Waals surface area contributed by atoms with Crippen molar-refractivity contribution in [2.45, 2.75) is 6.42 Å². The highest BCUT2D eigenvalue weighted by molar-refractivity contribution is 9.10. The summed E-state index contributed by atoms with van der Waals surface area (Å²) < 4.78 is 11.7. The van der Waals surface area contributed by atoms with Gasteiger partial charge in [-0.1, -0.05) is 0 Å². The summed E-state index contributed by atoms with van der Waals surface area (Å²) in [6.45, 7) is 1.33. The minimum Gasteiger partial charge on any atom is -0.453 e. The molecule has 0 saturated carbocycles. The van der Waals surface area contributed by atoms with Crippen molar-refractivity contribution in [2.24, 2.45) is 0 Å². The van der Waals surface area contributed by atoms with Gasteiger partial charge in [0.05, 0.1) is 4.47 Å². The number of ether oxygens (including phenoxy) is 2. The van der Waals surface area contributed by atoms with E-state index in [-0.39, 0.29) is 0 Å². The highest BCUT2D eigenvalue weighted by Gasteiger charge is 2.24. The van der Waals surface area contributed by atoms with Crippen LogP contribution in [0.1, 0.15) is 5.56 Å². The Morgan fingerprint density at radius 3 is 3.23 bits per heavy atom. The second kappa shape index (κ2) is 2.54. The number of nitrogens with one attached hydrogen (secondary N) is 1. The molecular weight excluding hydrogens is 234 g/mol. The van der Waals surface area contributed by atoms with Crippen LogP contribution in [-0.4, -0.2) is 13.3 Å². The van der Waals surface area contributed by atoms with Crippen LogP contribution in [0.5, 0.6) is 11.5 Å². The first-order chi connectivity index (χ1) is 6.36. The third-order valence-electron chi connectivity index (χ3n) is 2.40. The molecule has 1 aromatic carbocycles. The highest BCUT2D eigenvalue weighted by Crippen LogP contribution is 2.46. The summed E-state index contributed by atoms with van der Waals surface area (Å²) >= 11 is 3.54. The van der Waals surface area contributed by atoms with Gasteiger partial charge in [-0.25, -0.2) is 0 Å². The maximum Gasteiger partial charge on any atom is 0.231 e. The number of hydrogen-bond donors (Lipinski definition) is 1. The fourth-order valence-corrected chi connectivity index (χ4v) is 2.49. The SMILES string of the molecule is Brc1c2c(cc3c1OCO3)NCC2. The molecule has 0 fully saturated rings. The van der Waals surface area contributed by atoms with Crippen LogP contribution in [0.2, 0.25) is 0 Å². The molecule has 0 aliphatic carbocycles. The van der Waals surface area contributed by atoms with Crippen LogP contribution < -0.4 is 14.8 Å². The van der Waals surface area contributed by atoms with Crippen LogP contribution >= 0.6 is 15.9 Å². The Balaban J connectivity index is 2.26. The molecule has 0 aromatic heterocycles. The molecule has 2 heterocycles.